The molecule has 25 heavy (non-hydrogen) atoms. The molecule has 1 heterocycles. The fraction of sp³-hybridized carbons (Fsp3) is 1.00. The minimum atomic E-state index is 0.131. The number of hydrogen-bond acceptors (Lipinski definition) is 2. The van der Waals surface area contributed by atoms with E-state index in [9.17, 15) is 0 Å². The molecule has 0 aromatic carbocycles. The van der Waals surface area contributed by atoms with Crippen LogP contribution in [0.4, 0.5) is 0 Å². The van der Waals surface area contributed by atoms with Crippen molar-refractivity contribution >= 4 is 0 Å². The van der Waals surface area contributed by atoms with Crippen LogP contribution in [-0.2, 0) is 4.74 Å². The van der Waals surface area contributed by atoms with E-state index < -0.39 is 0 Å². The molecule has 0 unspecified atom stereocenters. The molecule has 1 aliphatic heterocycles. The van der Waals surface area contributed by atoms with Gasteiger partial charge < -0.3 is 9.84 Å². The summed E-state index contributed by atoms with van der Waals surface area (Å²) < 4.78 is 5.54. The van der Waals surface area contributed by atoms with Gasteiger partial charge in [-0.1, -0.05) is 110 Å². The normalized spacial score (nSPS) is 20.4. The Morgan fingerprint density at radius 2 is 1.12 bits per heavy atom. The van der Waals surface area contributed by atoms with Gasteiger partial charge in [0.15, 0.2) is 0 Å². The van der Waals surface area contributed by atoms with Crippen LogP contribution in [0.25, 0.3) is 0 Å². The third kappa shape index (κ3) is 13.7. The Morgan fingerprint density at radius 1 is 0.680 bits per heavy atom. The van der Waals surface area contributed by atoms with E-state index >= 15 is 0 Å². The smallest absolute Gasteiger partial charge is 0.0809 e. The quantitative estimate of drug-likeness (QED) is 0.268. The van der Waals surface area contributed by atoms with Gasteiger partial charge in [0, 0.05) is 6.61 Å². The summed E-state index contributed by atoms with van der Waals surface area (Å²) >= 11 is 0. The van der Waals surface area contributed by atoms with E-state index in [1.807, 2.05) is 0 Å². The van der Waals surface area contributed by atoms with Gasteiger partial charge in [0.1, 0.15) is 0 Å². The third-order valence-corrected chi connectivity index (χ3v) is 5.83. The van der Waals surface area contributed by atoms with Gasteiger partial charge in [0.05, 0.1) is 12.7 Å². The molecule has 0 aromatic heterocycles. The summed E-state index contributed by atoms with van der Waals surface area (Å²) in [4.78, 5) is 0. The minimum absolute atomic E-state index is 0.131. The minimum Gasteiger partial charge on any atom is -0.394 e. The lowest BCUT2D eigenvalue weighted by molar-refractivity contribution is 0.0571. The van der Waals surface area contributed by atoms with Crippen LogP contribution in [0, 0.1) is 5.92 Å². The van der Waals surface area contributed by atoms with Gasteiger partial charge in [-0.25, -0.2) is 0 Å². The summed E-state index contributed by atoms with van der Waals surface area (Å²) in [5.41, 5.74) is 0. The van der Waals surface area contributed by atoms with Crippen molar-refractivity contribution in [3.8, 4) is 0 Å². The lowest BCUT2D eigenvalue weighted by Gasteiger charge is -2.07. The fourth-order valence-corrected chi connectivity index (χ4v) is 4.09. The molecule has 0 spiro atoms. The van der Waals surface area contributed by atoms with Gasteiger partial charge in [-0.3, -0.25) is 0 Å². The second kappa shape index (κ2) is 17.3. The first-order valence-corrected chi connectivity index (χ1v) is 11.6. The second-order valence-corrected chi connectivity index (χ2v) is 8.33. The van der Waals surface area contributed by atoms with Crippen LogP contribution in [-0.4, -0.2) is 24.4 Å². The monoisotopic (exact) mass is 354 g/mol. The molecule has 0 radical (unpaired) electrons. The Balaban J connectivity index is 1.68. The summed E-state index contributed by atoms with van der Waals surface area (Å²) in [5.74, 6) is 0.712. The van der Waals surface area contributed by atoms with Gasteiger partial charge in [-0.15, -0.1) is 0 Å². The van der Waals surface area contributed by atoms with Crippen LogP contribution in [0.5, 0.6) is 0 Å². The lowest BCUT2D eigenvalue weighted by atomic mass is 9.97. The zero-order chi connectivity index (χ0) is 18.0. The van der Waals surface area contributed by atoms with Crippen molar-refractivity contribution in [1.29, 1.82) is 0 Å². The van der Waals surface area contributed by atoms with Gasteiger partial charge in [-0.05, 0) is 18.8 Å². The van der Waals surface area contributed by atoms with E-state index in [4.69, 9.17) is 9.84 Å². The first-order valence-electron chi connectivity index (χ1n) is 11.6. The van der Waals surface area contributed by atoms with E-state index in [-0.39, 0.29) is 12.7 Å². The molecule has 2 heteroatoms. The SMILES string of the molecule is CCCCCCCCCCCCCCCCCC[C@@H]1CO[C@H](CO)C1. The molecule has 0 amide bonds. The standard InChI is InChI=1S/C23H46O2/c1-2-3-4-5-6-7-8-9-10-11-12-13-14-15-16-17-18-22-19-23(20-24)25-21-22/h22-24H,2-21H2,1H3/t22-,23-/m0/s1. The molecule has 1 saturated heterocycles. The van der Waals surface area contributed by atoms with Gasteiger partial charge in [0.25, 0.3) is 0 Å². The van der Waals surface area contributed by atoms with Crippen LogP contribution >= 0.6 is 0 Å². The van der Waals surface area contributed by atoms with Crippen LogP contribution in [0.15, 0.2) is 0 Å². The molecule has 1 N–H and O–H groups in total. The summed E-state index contributed by atoms with van der Waals surface area (Å²) in [6.07, 6.45) is 25.5. The first kappa shape index (κ1) is 23.0. The van der Waals surface area contributed by atoms with Gasteiger partial charge in [-0.2, -0.15) is 0 Å². The summed E-state index contributed by atoms with van der Waals surface area (Å²) in [6, 6.07) is 0. The zero-order valence-corrected chi connectivity index (χ0v) is 17.2. The Hall–Kier alpha value is -0.0800. The van der Waals surface area contributed by atoms with E-state index in [0.717, 1.165) is 13.0 Å². The summed E-state index contributed by atoms with van der Waals surface area (Å²) in [7, 11) is 0. The van der Waals surface area contributed by atoms with Crippen molar-refractivity contribution in [2.24, 2.45) is 5.92 Å². The average molecular weight is 355 g/mol. The average Bonchev–Trinajstić information content (AvgIpc) is 3.09. The molecule has 150 valence electrons. The molecule has 1 rings (SSSR count). The fourth-order valence-electron chi connectivity index (χ4n) is 4.09. The van der Waals surface area contributed by atoms with Crippen molar-refractivity contribution in [3.05, 3.63) is 0 Å². The number of rotatable bonds is 18. The van der Waals surface area contributed by atoms with E-state index in [1.54, 1.807) is 0 Å². The van der Waals surface area contributed by atoms with E-state index in [0.29, 0.717) is 5.92 Å². The molecule has 1 fully saturated rings. The predicted molar refractivity (Wildman–Crippen MR) is 109 cm³/mol. The number of ether oxygens (including phenoxy) is 1. The zero-order valence-electron chi connectivity index (χ0n) is 17.2. The van der Waals surface area contributed by atoms with Crippen LogP contribution in [0.1, 0.15) is 122 Å². The van der Waals surface area contributed by atoms with Crippen molar-refractivity contribution in [2.45, 2.75) is 129 Å². The number of aliphatic hydroxyl groups is 1. The lowest BCUT2D eigenvalue weighted by Crippen LogP contribution is -2.09. The second-order valence-electron chi connectivity index (χ2n) is 8.33. The predicted octanol–water partition coefficient (Wildman–Crippen LogP) is 7.04. The highest BCUT2D eigenvalue weighted by atomic mass is 16.5. The molecular weight excluding hydrogens is 308 g/mol. The third-order valence-electron chi connectivity index (χ3n) is 5.83. The molecule has 2 nitrogen and oxygen atoms in total. The van der Waals surface area contributed by atoms with Crippen molar-refractivity contribution in [2.75, 3.05) is 13.2 Å². The van der Waals surface area contributed by atoms with Gasteiger partial charge in [0.2, 0.25) is 0 Å². The highest BCUT2D eigenvalue weighted by Gasteiger charge is 2.23. The van der Waals surface area contributed by atoms with Gasteiger partial charge >= 0.3 is 0 Å². The van der Waals surface area contributed by atoms with Crippen LogP contribution in [0.3, 0.4) is 0 Å². The molecule has 0 aliphatic carbocycles. The molecule has 1 aliphatic rings. The van der Waals surface area contributed by atoms with Crippen LogP contribution in [0.2, 0.25) is 0 Å². The van der Waals surface area contributed by atoms with E-state index in [1.165, 1.54) is 109 Å². The highest BCUT2D eigenvalue weighted by Crippen LogP contribution is 2.24. The largest absolute Gasteiger partial charge is 0.394 e. The Kier molecular flexibility index (Phi) is 15.9. The molecule has 0 saturated carbocycles. The van der Waals surface area contributed by atoms with Crippen molar-refractivity contribution in [1.82, 2.24) is 0 Å². The summed E-state index contributed by atoms with van der Waals surface area (Å²) in [5, 5.41) is 9.07. The number of unbranched alkanes of at least 4 members (excludes halogenated alkanes) is 15. The number of aliphatic hydroxyl groups excluding tert-OH is 1. The van der Waals surface area contributed by atoms with E-state index in [2.05, 4.69) is 6.92 Å². The first-order chi connectivity index (χ1) is 12.4. The topological polar surface area (TPSA) is 29.5 Å². The molecule has 0 aromatic rings. The maximum atomic E-state index is 9.07. The Bertz CT molecular complexity index is 267. The molecule has 0 bridgehead atoms. The maximum absolute atomic E-state index is 9.07. The van der Waals surface area contributed by atoms with Crippen molar-refractivity contribution in [3.63, 3.8) is 0 Å². The molecular formula is C23H46O2. The van der Waals surface area contributed by atoms with Crippen LogP contribution < -0.4 is 0 Å². The number of hydrogen-bond donors (Lipinski definition) is 1. The van der Waals surface area contributed by atoms with Crippen molar-refractivity contribution < 1.29 is 9.84 Å². The molecule has 2 atom stereocenters. The Morgan fingerprint density at radius 3 is 1.52 bits per heavy atom. The maximum Gasteiger partial charge on any atom is 0.0809 e. The Labute approximate surface area is 158 Å². The highest BCUT2D eigenvalue weighted by molar-refractivity contribution is 4.72. The summed E-state index contributed by atoms with van der Waals surface area (Å²) in [6.45, 7) is 3.37.